The van der Waals surface area contributed by atoms with Crippen LogP contribution in [0.25, 0.3) is 0 Å². The molecule has 1 aliphatic heterocycles. The normalized spacial score (nSPS) is 13.7. The topological polar surface area (TPSA) is 76.2 Å². The van der Waals surface area contributed by atoms with Crippen molar-refractivity contribution in [1.82, 2.24) is 4.90 Å². The maximum Gasteiger partial charge on any atom is 0.406 e. The second-order valence-corrected chi connectivity index (χ2v) is 5.41. The molecule has 0 aromatic heterocycles. The number of rotatable bonds is 6. The second-order valence-electron chi connectivity index (χ2n) is 5.41. The third kappa shape index (κ3) is 5.11. The molecule has 0 unspecified atom stereocenters. The monoisotopic (exact) mass is 374 g/mol. The molecule has 1 aromatic rings. The molecule has 0 fully saturated rings. The Morgan fingerprint density at radius 1 is 1.31 bits per heavy atom. The smallest absolute Gasteiger partial charge is 0.406 e. The number of amides is 2. The molecule has 1 heterocycles. The van der Waals surface area contributed by atoms with Crippen molar-refractivity contribution < 1.29 is 37.0 Å². The van der Waals surface area contributed by atoms with Gasteiger partial charge in [-0.3, -0.25) is 19.3 Å². The van der Waals surface area contributed by atoms with Crippen molar-refractivity contribution in [3.63, 3.8) is 0 Å². The number of ether oxygens (including phenoxy) is 2. The predicted molar refractivity (Wildman–Crippen MR) is 83.6 cm³/mol. The van der Waals surface area contributed by atoms with Gasteiger partial charge in [-0.1, -0.05) is 12.1 Å². The fraction of sp³-hybridized carbons (Fsp3) is 0.438. The Kier molecular flexibility index (Phi) is 6.06. The lowest BCUT2D eigenvalue weighted by Gasteiger charge is -2.31. The number of hydrogen-bond donors (Lipinski definition) is 0. The summed E-state index contributed by atoms with van der Waals surface area (Å²) in [4.78, 5) is 37.3. The van der Waals surface area contributed by atoms with Crippen LogP contribution in [0.1, 0.15) is 6.92 Å². The van der Waals surface area contributed by atoms with Crippen LogP contribution < -0.4 is 9.64 Å². The zero-order valence-corrected chi connectivity index (χ0v) is 13.9. The summed E-state index contributed by atoms with van der Waals surface area (Å²) in [6, 6.07) is 6.35. The first-order valence-electron chi connectivity index (χ1n) is 7.73. The number of para-hydroxylation sites is 2. The number of hydrogen-bond acceptors (Lipinski definition) is 5. The third-order valence-corrected chi connectivity index (χ3v) is 3.45. The van der Waals surface area contributed by atoms with Crippen molar-refractivity contribution in [2.75, 3.05) is 37.7 Å². The Morgan fingerprint density at radius 3 is 2.65 bits per heavy atom. The van der Waals surface area contributed by atoms with Gasteiger partial charge in [-0.15, -0.1) is 0 Å². The second kappa shape index (κ2) is 8.07. The molecule has 0 radical (unpaired) electrons. The summed E-state index contributed by atoms with van der Waals surface area (Å²) in [5.74, 6) is -2.22. The SMILES string of the molecule is CCOC(=O)CN(CC(F)(F)F)C(=O)CN1C(=O)COc2ccccc21. The van der Waals surface area contributed by atoms with E-state index in [-0.39, 0.29) is 18.9 Å². The van der Waals surface area contributed by atoms with Crippen molar-refractivity contribution >= 4 is 23.5 Å². The fourth-order valence-corrected chi connectivity index (χ4v) is 2.37. The first-order valence-corrected chi connectivity index (χ1v) is 7.73. The molecule has 142 valence electrons. The van der Waals surface area contributed by atoms with Crippen molar-refractivity contribution in [2.24, 2.45) is 0 Å². The minimum absolute atomic E-state index is 0.0256. The molecule has 0 atom stereocenters. The van der Waals surface area contributed by atoms with E-state index in [1.165, 1.54) is 13.0 Å². The standard InChI is InChI=1S/C16H17F3N2O5/c1-2-25-15(24)8-20(10-16(17,18)19)13(22)7-21-11-5-3-4-6-12(11)26-9-14(21)23/h3-6H,2,7-10H2,1H3. The lowest BCUT2D eigenvalue weighted by Crippen LogP contribution is -2.50. The average Bonchev–Trinajstić information content (AvgIpc) is 2.55. The molecular weight excluding hydrogens is 357 g/mol. The first kappa shape index (κ1) is 19.5. The van der Waals surface area contributed by atoms with Crippen LogP contribution in [0.4, 0.5) is 18.9 Å². The summed E-state index contributed by atoms with van der Waals surface area (Å²) >= 11 is 0. The van der Waals surface area contributed by atoms with Crippen LogP contribution in [0.2, 0.25) is 0 Å². The van der Waals surface area contributed by atoms with Gasteiger partial charge in [0.15, 0.2) is 6.61 Å². The number of alkyl halides is 3. The van der Waals surface area contributed by atoms with E-state index in [9.17, 15) is 27.6 Å². The third-order valence-electron chi connectivity index (χ3n) is 3.45. The maximum atomic E-state index is 12.8. The summed E-state index contributed by atoms with van der Waals surface area (Å²) in [6.07, 6.45) is -4.70. The van der Waals surface area contributed by atoms with Crippen molar-refractivity contribution in [3.05, 3.63) is 24.3 Å². The Balaban J connectivity index is 2.17. The van der Waals surface area contributed by atoms with Gasteiger partial charge in [-0.25, -0.2) is 0 Å². The van der Waals surface area contributed by atoms with E-state index in [4.69, 9.17) is 4.74 Å². The number of fused-ring (bicyclic) bond motifs is 1. The molecular formula is C16H17F3N2O5. The van der Waals surface area contributed by atoms with Gasteiger partial charge < -0.3 is 14.4 Å². The molecule has 0 spiro atoms. The highest BCUT2D eigenvalue weighted by molar-refractivity contribution is 6.02. The lowest BCUT2D eigenvalue weighted by molar-refractivity contribution is -0.166. The van der Waals surface area contributed by atoms with E-state index >= 15 is 0 Å². The molecule has 0 saturated heterocycles. The van der Waals surface area contributed by atoms with Crippen molar-refractivity contribution in [1.29, 1.82) is 0 Å². The van der Waals surface area contributed by atoms with Crippen molar-refractivity contribution in [3.8, 4) is 5.75 Å². The van der Waals surface area contributed by atoms with Gasteiger partial charge in [-0.2, -0.15) is 13.2 Å². The highest BCUT2D eigenvalue weighted by atomic mass is 19.4. The Bertz CT molecular complexity index is 693. The van der Waals surface area contributed by atoms with Gasteiger partial charge in [0.1, 0.15) is 25.4 Å². The number of anilines is 1. The number of benzene rings is 1. The van der Waals surface area contributed by atoms with Crippen LogP contribution in [-0.2, 0) is 19.1 Å². The summed E-state index contributed by atoms with van der Waals surface area (Å²) in [5, 5.41) is 0. The lowest BCUT2D eigenvalue weighted by atomic mass is 10.2. The Labute approximate surface area is 147 Å². The van der Waals surface area contributed by atoms with Gasteiger partial charge in [0.05, 0.1) is 12.3 Å². The number of halogens is 3. The predicted octanol–water partition coefficient (Wildman–Crippen LogP) is 1.37. The molecule has 0 N–H and O–H groups in total. The average molecular weight is 374 g/mol. The molecule has 26 heavy (non-hydrogen) atoms. The largest absolute Gasteiger partial charge is 0.482 e. The van der Waals surface area contributed by atoms with E-state index in [0.29, 0.717) is 10.6 Å². The molecule has 2 amide bonds. The maximum absolute atomic E-state index is 12.8. The Morgan fingerprint density at radius 2 is 2.00 bits per heavy atom. The molecule has 0 saturated carbocycles. The van der Waals surface area contributed by atoms with Crippen LogP contribution >= 0.6 is 0 Å². The van der Waals surface area contributed by atoms with E-state index < -0.39 is 43.6 Å². The fourth-order valence-electron chi connectivity index (χ4n) is 2.37. The van der Waals surface area contributed by atoms with Gasteiger partial charge in [-0.05, 0) is 19.1 Å². The molecule has 7 nitrogen and oxygen atoms in total. The number of nitrogens with zero attached hydrogens (tertiary/aromatic N) is 2. The molecule has 0 aliphatic carbocycles. The van der Waals surface area contributed by atoms with Gasteiger partial charge in [0, 0.05) is 0 Å². The van der Waals surface area contributed by atoms with E-state index in [0.717, 1.165) is 4.90 Å². The van der Waals surface area contributed by atoms with E-state index in [2.05, 4.69) is 4.74 Å². The van der Waals surface area contributed by atoms with Crippen LogP contribution in [0.5, 0.6) is 5.75 Å². The molecule has 10 heteroatoms. The molecule has 1 aromatic carbocycles. The van der Waals surface area contributed by atoms with Crippen LogP contribution in [-0.4, -0.2) is 61.7 Å². The van der Waals surface area contributed by atoms with Gasteiger partial charge in [0.2, 0.25) is 5.91 Å². The van der Waals surface area contributed by atoms with E-state index in [1.807, 2.05) is 0 Å². The highest BCUT2D eigenvalue weighted by Gasteiger charge is 2.36. The van der Waals surface area contributed by atoms with Gasteiger partial charge in [0.25, 0.3) is 5.91 Å². The summed E-state index contributed by atoms with van der Waals surface area (Å²) in [7, 11) is 0. The Hall–Kier alpha value is -2.78. The van der Waals surface area contributed by atoms with Crippen LogP contribution in [0.3, 0.4) is 0 Å². The van der Waals surface area contributed by atoms with E-state index in [1.54, 1.807) is 18.2 Å². The van der Waals surface area contributed by atoms with Crippen LogP contribution in [0, 0.1) is 0 Å². The summed E-state index contributed by atoms with van der Waals surface area (Å²) in [6.45, 7) is -1.98. The van der Waals surface area contributed by atoms with Crippen molar-refractivity contribution in [2.45, 2.75) is 13.1 Å². The number of carbonyl (C=O) groups is 3. The van der Waals surface area contributed by atoms with Gasteiger partial charge >= 0.3 is 12.1 Å². The quantitative estimate of drug-likeness (QED) is 0.703. The molecule has 0 bridgehead atoms. The highest BCUT2D eigenvalue weighted by Crippen LogP contribution is 2.31. The van der Waals surface area contributed by atoms with Crippen LogP contribution in [0.15, 0.2) is 24.3 Å². The zero-order valence-electron chi connectivity index (χ0n) is 13.9. The first-order chi connectivity index (χ1) is 12.2. The number of carbonyl (C=O) groups excluding carboxylic acids is 3. The molecule has 1 aliphatic rings. The minimum atomic E-state index is -4.70. The summed E-state index contributed by atoms with van der Waals surface area (Å²) < 4.78 is 48.1. The zero-order chi connectivity index (χ0) is 19.3. The molecule has 2 rings (SSSR count). The number of esters is 1. The minimum Gasteiger partial charge on any atom is -0.482 e. The summed E-state index contributed by atoms with van der Waals surface area (Å²) in [5.41, 5.74) is 0.278.